The monoisotopic (exact) mass is 266 g/mol. The number of hydrogen-bond donors (Lipinski definition) is 0. The van der Waals surface area contributed by atoms with Crippen LogP contribution < -0.4 is 0 Å². The third-order valence-corrected chi connectivity index (χ3v) is 2.71. The molecule has 0 heterocycles. The number of allylic oxidation sites excluding steroid dienone is 1. The summed E-state index contributed by atoms with van der Waals surface area (Å²) in [5.74, 6) is 0. The Bertz CT molecular complexity index is 450. The van der Waals surface area contributed by atoms with Crippen LogP contribution in [0.5, 0.6) is 0 Å². The zero-order valence-corrected chi connectivity index (χ0v) is 9.30. The first-order chi connectivity index (χ1) is 6.67. The maximum absolute atomic E-state index is 8.53. The van der Waals surface area contributed by atoms with E-state index in [1.165, 1.54) is 6.08 Å². The standard InChI is InChI=1S/C10H4BrClN2/c11-9-4-7(1-2-10(9)12)3-8(5-13)6-14/h1-4H. The molecule has 2 nitrogen and oxygen atoms in total. The van der Waals surface area contributed by atoms with Crippen molar-refractivity contribution < 1.29 is 0 Å². The summed E-state index contributed by atoms with van der Waals surface area (Å²) >= 11 is 9.04. The van der Waals surface area contributed by atoms with Crippen LogP contribution in [-0.4, -0.2) is 0 Å². The van der Waals surface area contributed by atoms with Crippen molar-refractivity contribution in [3.05, 3.63) is 38.8 Å². The first-order valence-electron chi connectivity index (χ1n) is 3.64. The SMILES string of the molecule is N#CC(C#N)=Cc1ccc(Cl)c(Br)c1. The minimum absolute atomic E-state index is 0.0687. The molecular formula is C10H4BrClN2. The summed E-state index contributed by atoms with van der Waals surface area (Å²) in [4.78, 5) is 0. The summed E-state index contributed by atoms with van der Waals surface area (Å²) in [5, 5.41) is 17.7. The summed E-state index contributed by atoms with van der Waals surface area (Å²) in [6.45, 7) is 0. The predicted octanol–water partition coefficient (Wildman–Crippen LogP) is 3.53. The third-order valence-electron chi connectivity index (χ3n) is 1.50. The van der Waals surface area contributed by atoms with Gasteiger partial charge in [-0.1, -0.05) is 17.7 Å². The molecule has 0 fully saturated rings. The van der Waals surface area contributed by atoms with Crippen LogP contribution >= 0.6 is 27.5 Å². The number of benzene rings is 1. The van der Waals surface area contributed by atoms with Gasteiger partial charge in [-0.25, -0.2) is 0 Å². The van der Waals surface area contributed by atoms with E-state index in [1.54, 1.807) is 30.3 Å². The largest absolute Gasteiger partial charge is 0.192 e. The molecule has 0 N–H and O–H groups in total. The Balaban J connectivity index is 3.13. The van der Waals surface area contributed by atoms with Crippen molar-refractivity contribution >= 4 is 33.6 Å². The van der Waals surface area contributed by atoms with E-state index in [0.717, 1.165) is 10.0 Å². The summed E-state index contributed by atoms with van der Waals surface area (Å²) < 4.78 is 0.739. The van der Waals surface area contributed by atoms with Gasteiger partial charge in [0.05, 0.1) is 5.02 Å². The van der Waals surface area contributed by atoms with E-state index in [2.05, 4.69) is 15.9 Å². The highest BCUT2D eigenvalue weighted by molar-refractivity contribution is 9.10. The molecule has 14 heavy (non-hydrogen) atoms. The molecule has 1 rings (SSSR count). The normalized spacial score (nSPS) is 8.57. The van der Waals surface area contributed by atoms with Crippen molar-refractivity contribution in [3.8, 4) is 12.1 Å². The van der Waals surface area contributed by atoms with Gasteiger partial charge in [-0.15, -0.1) is 0 Å². The number of nitriles is 2. The van der Waals surface area contributed by atoms with Crippen LogP contribution in [0.2, 0.25) is 5.02 Å². The maximum Gasteiger partial charge on any atom is 0.130 e. The van der Waals surface area contributed by atoms with E-state index in [0.29, 0.717) is 5.02 Å². The molecular weight excluding hydrogens is 263 g/mol. The Kier molecular flexibility index (Phi) is 3.71. The van der Waals surface area contributed by atoms with Gasteiger partial charge in [-0.05, 0) is 39.7 Å². The van der Waals surface area contributed by atoms with Crippen LogP contribution in [-0.2, 0) is 0 Å². The second-order valence-corrected chi connectivity index (χ2v) is 3.72. The molecule has 0 unspecified atom stereocenters. The smallest absolute Gasteiger partial charge is 0.130 e. The molecule has 1 aromatic rings. The third kappa shape index (κ3) is 2.60. The molecule has 0 saturated carbocycles. The Hall–Kier alpha value is -1.29. The lowest BCUT2D eigenvalue weighted by atomic mass is 10.1. The molecule has 0 aromatic heterocycles. The Labute approximate surface area is 95.2 Å². The second kappa shape index (κ2) is 4.81. The minimum atomic E-state index is 0.0687. The summed E-state index contributed by atoms with van der Waals surface area (Å²) in [6.07, 6.45) is 1.50. The van der Waals surface area contributed by atoms with Gasteiger partial charge >= 0.3 is 0 Å². The Morgan fingerprint density at radius 3 is 2.50 bits per heavy atom. The van der Waals surface area contributed by atoms with E-state index in [1.807, 2.05) is 0 Å². The Morgan fingerprint density at radius 1 is 1.36 bits per heavy atom. The molecule has 0 aliphatic carbocycles. The Morgan fingerprint density at radius 2 is 2.00 bits per heavy atom. The van der Waals surface area contributed by atoms with Gasteiger partial charge in [0.2, 0.25) is 0 Å². The number of nitrogens with zero attached hydrogens (tertiary/aromatic N) is 2. The average Bonchev–Trinajstić information content (AvgIpc) is 2.19. The molecule has 0 amide bonds. The van der Waals surface area contributed by atoms with E-state index in [9.17, 15) is 0 Å². The molecule has 0 radical (unpaired) electrons. The number of rotatable bonds is 1. The van der Waals surface area contributed by atoms with Gasteiger partial charge in [-0.2, -0.15) is 10.5 Å². The molecule has 0 aliphatic heterocycles. The van der Waals surface area contributed by atoms with Crippen LogP contribution in [0.1, 0.15) is 5.56 Å². The highest BCUT2D eigenvalue weighted by atomic mass is 79.9. The molecule has 1 aromatic carbocycles. The van der Waals surface area contributed by atoms with Gasteiger partial charge < -0.3 is 0 Å². The molecule has 0 saturated heterocycles. The fraction of sp³-hybridized carbons (Fsp3) is 0. The fourth-order valence-electron chi connectivity index (χ4n) is 0.858. The quantitative estimate of drug-likeness (QED) is 0.731. The second-order valence-electron chi connectivity index (χ2n) is 2.46. The van der Waals surface area contributed by atoms with Crippen LogP contribution in [0.3, 0.4) is 0 Å². The molecule has 0 bridgehead atoms. The molecule has 0 atom stereocenters. The average molecular weight is 268 g/mol. The minimum Gasteiger partial charge on any atom is -0.192 e. The molecule has 0 spiro atoms. The van der Waals surface area contributed by atoms with Crippen molar-refractivity contribution in [1.82, 2.24) is 0 Å². The van der Waals surface area contributed by atoms with E-state index >= 15 is 0 Å². The molecule has 68 valence electrons. The number of hydrogen-bond acceptors (Lipinski definition) is 2. The maximum atomic E-state index is 8.53. The van der Waals surface area contributed by atoms with Crippen molar-refractivity contribution in [2.75, 3.05) is 0 Å². The molecule has 4 heteroatoms. The summed E-state index contributed by atoms with van der Waals surface area (Å²) in [7, 11) is 0. The van der Waals surface area contributed by atoms with Crippen LogP contribution in [0, 0.1) is 22.7 Å². The lowest BCUT2D eigenvalue weighted by molar-refractivity contribution is 1.47. The van der Waals surface area contributed by atoms with Gasteiger partial charge in [0.25, 0.3) is 0 Å². The summed E-state index contributed by atoms with van der Waals surface area (Å²) in [6, 6.07) is 8.76. The van der Waals surface area contributed by atoms with E-state index < -0.39 is 0 Å². The lowest BCUT2D eigenvalue weighted by Crippen LogP contribution is -1.77. The van der Waals surface area contributed by atoms with Crippen LogP contribution in [0.15, 0.2) is 28.2 Å². The van der Waals surface area contributed by atoms with Gasteiger partial charge in [0.1, 0.15) is 17.7 Å². The van der Waals surface area contributed by atoms with Crippen molar-refractivity contribution in [2.45, 2.75) is 0 Å². The molecule has 0 aliphatic rings. The van der Waals surface area contributed by atoms with Gasteiger partial charge in [-0.3, -0.25) is 0 Å². The summed E-state index contributed by atoms with van der Waals surface area (Å²) in [5.41, 5.74) is 0.832. The van der Waals surface area contributed by atoms with E-state index in [-0.39, 0.29) is 5.57 Å². The highest BCUT2D eigenvalue weighted by Crippen LogP contribution is 2.24. The van der Waals surface area contributed by atoms with Crippen molar-refractivity contribution in [1.29, 1.82) is 10.5 Å². The number of halogens is 2. The lowest BCUT2D eigenvalue weighted by Gasteiger charge is -1.97. The van der Waals surface area contributed by atoms with Crippen LogP contribution in [0.4, 0.5) is 0 Å². The van der Waals surface area contributed by atoms with Crippen molar-refractivity contribution in [2.24, 2.45) is 0 Å². The first kappa shape index (κ1) is 10.8. The van der Waals surface area contributed by atoms with Gasteiger partial charge in [0, 0.05) is 4.47 Å². The highest BCUT2D eigenvalue weighted by Gasteiger charge is 1.98. The fourth-order valence-corrected chi connectivity index (χ4v) is 1.37. The van der Waals surface area contributed by atoms with Crippen molar-refractivity contribution in [3.63, 3.8) is 0 Å². The zero-order valence-electron chi connectivity index (χ0n) is 6.96. The predicted molar refractivity (Wildman–Crippen MR) is 58.4 cm³/mol. The topological polar surface area (TPSA) is 47.6 Å². The van der Waals surface area contributed by atoms with E-state index in [4.69, 9.17) is 22.1 Å². The van der Waals surface area contributed by atoms with Crippen LogP contribution in [0.25, 0.3) is 6.08 Å². The zero-order chi connectivity index (χ0) is 10.6. The van der Waals surface area contributed by atoms with Gasteiger partial charge in [0.15, 0.2) is 0 Å². The first-order valence-corrected chi connectivity index (χ1v) is 4.81.